The summed E-state index contributed by atoms with van der Waals surface area (Å²) in [5.41, 5.74) is 4.83. The Morgan fingerprint density at radius 1 is 1.05 bits per heavy atom. The number of methoxy groups -OCH3 is 1. The van der Waals surface area contributed by atoms with E-state index in [-0.39, 0.29) is 18.0 Å². The van der Waals surface area contributed by atoms with Crippen LogP contribution in [-0.4, -0.2) is 54.3 Å². The molecule has 1 aliphatic heterocycles. The van der Waals surface area contributed by atoms with E-state index in [4.69, 9.17) is 16.3 Å². The van der Waals surface area contributed by atoms with E-state index < -0.39 is 0 Å². The van der Waals surface area contributed by atoms with E-state index in [9.17, 15) is 4.79 Å². The molecule has 1 fully saturated rings. The minimum absolute atomic E-state index is 0.0437. The lowest BCUT2D eigenvalue weighted by Gasteiger charge is -2.24. The summed E-state index contributed by atoms with van der Waals surface area (Å²) in [6.45, 7) is 6.32. The second-order valence-electron chi connectivity index (χ2n) is 9.75. The SMILES string of the molecule is CCn1c2ccccc2c2cc(CN[C@H]3C[C@@H](C(=O)NCCOC)N(Cc4ccccc4Cl)C3)ccc21. The van der Waals surface area contributed by atoms with Crippen molar-refractivity contribution in [2.45, 2.75) is 45.1 Å². The van der Waals surface area contributed by atoms with E-state index in [0.717, 1.165) is 36.6 Å². The predicted molar refractivity (Wildman–Crippen MR) is 151 cm³/mol. The minimum Gasteiger partial charge on any atom is -0.383 e. The molecule has 2 heterocycles. The maximum atomic E-state index is 13.1. The number of hydrogen-bond acceptors (Lipinski definition) is 4. The zero-order valence-electron chi connectivity index (χ0n) is 21.5. The fourth-order valence-corrected chi connectivity index (χ4v) is 5.75. The predicted octanol–water partition coefficient (Wildman–Crippen LogP) is 4.96. The average molecular weight is 519 g/mol. The first-order valence-electron chi connectivity index (χ1n) is 13.1. The largest absolute Gasteiger partial charge is 0.383 e. The van der Waals surface area contributed by atoms with Gasteiger partial charge in [-0.2, -0.15) is 0 Å². The molecular weight excluding hydrogens is 484 g/mol. The Balaban J connectivity index is 1.31. The maximum Gasteiger partial charge on any atom is 0.237 e. The third-order valence-electron chi connectivity index (χ3n) is 7.39. The number of para-hydroxylation sites is 1. The summed E-state index contributed by atoms with van der Waals surface area (Å²) in [7, 11) is 1.64. The van der Waals surface area contributed by atoms with Gasteiger partial charge in [-0.05, 0) is 48.7 Å². The molecule has 1 aliphatic rings. The highest BCUT2D eigenvalue weighted by atomic mass is 35.5. The number of rotatable bonds is 10. The molecule has 2 atom stereocenters. The second-order valence-corrected chi connectivity index (χ2v) is 10.2. The first-order valence-corrected chi connectivity index (χ1v) is 13.4. The highest BCUT2D eigenvalue weighted by molar-refractivity contribution is 6.31. The molecular formula is C30H35ClN4O2. The first-order chi connectivity index (χ1) is 18.1. The van der Waals surface area contributed by atoms with E-state index in [0.29, 0.717) is 19.7 Å². The Labute approximate surface area is 223 Å². The van der Waals surface area contributed by atoms with Gasteiger partial charge >= 0.3 is 0 Å². The van der Waals surface area contributed by atoms with Gasteiger partial charge < -0.3 is 19.9 Å². The van der Waals surface area contributed by atoms with Crippen LogP contribution in [0.25, 0.3) is 21.8 Å². The summed E-state index contributed by atoms with van der Waals surface area (Å²) in [4.78, 5) is 15.3. The maximum absolute atomic E-state index is 13.1. The number of nitrogens with zero attached hydrogens (tertiary/aromatic N) is 2. The standard InChI is InChI=1S/C30H35ClN4O2/c1-3-35-27-11-7-5-9-24(27)25-16-21(12-13-28(25)35)18-33-23-17-29(30(36)32-14-15-37-2)34(20-23)19-22-8-4-6-10-26(22)31/h4-13,16,23,29,33H,3,14-15,17-20H2,1-2H3,(H,32,36)/t23-,29-/m0/s1. The molecule has 0 spiro atoms. The van der Waals surface area contributed by atoms with Crippen LogP contribution in [0.5, 0.6) is 0 Å². The molecule has 6 nitrogen and oxygen atoms in total. The number of carbonyl (C=O) groups is 1. The fraction of sp³-hybridized carbons (Fsp3) is 0.367. The molecule has 0 bridgehead atoms. The number of nitrogens with one attached hydrogen (secondary N) is 2. The van der Waals surface area contributed by atoms with Crippen LogP contribution >= 0.6 is 11.6 Å². The normalized spacial score (nSPS) is 18.1. The number of fused-ring (bicyclic) bond motifs is 3. The number of likely N-dealkylation sites (tertiary alicyclic amines) is 1. The molecule has 3 aromatic carbocycles. The Morgan fingerprint density at radius 2 is 1.84 bits per heavy atom. The number of amides is 1. The molecule has 2 N–H and O–H groups in total. The van der Waals surface area contributed by atoms with Crippen molar-refractivity contribution in [3.8, 4) is 0 Å². The van der Waals surface area contributed by atoms with E-state index >= 15 is 0 Å². The Morgan fingerprint density at radius 3 is 2.65 bits per heavy atom. The van der Waals surface area contributed by atoms with Gasteiger partial charge in [-0.1, -0.05) is 54.1 Å². The second kappa shape index (κ2) is 11.7. The fourth-order valence-electron chi connectivity index (χ4n) is 5.55. The number of aryl methyl sites for hydroxylation is 1. The quantitative estimate of drug-likeness (QED) is 0.291. The zero-order valence-corrected chi connectivity index (χ0v) is 22.3. The van der Waals surface area contributed by atoms with E-state index in [1.165, 1.54) is 27.4 Å². The van der Waals surface area contributed by atoms with Crippen molar-refractivity contribution in [2.24, 2.45) is 0 Å². The molecule has 0 unspecified atom stereocenters. The highest BCUT2D eigenvalue weighted by Gasteiger charge is 2.36. The van der Waals surface area contributed by atoms with Gasteiger partial charge in [0.1, 0.15) is 0 Å². The van der Waals surface area contributed by atoms with Gasteiger partial charge in [0.25, 0.3) is 0 Å². The molecule has 0 radical (unpaired) electrons. The van der Waals surface area contributed by atoms with E-state index in [1.54, 1.807) is 7.11 Å². The Kier molecular flexibility index (Phi) is 8.11. The molecule has 1 saturated heterocycles. The van der Waals surface area contributed by atoms with Gasteiger partial charge in [0.05, 0.1) is 12.6 Å². The van der Waals surface area contributed by atoms with Gasteiger partial charge in [-0.15, -0.1) is 0 Å². The Hall–Kier alpha value is -2.90. The van der Waals surface area contributed by atoms with Gasteiger partial charge in [-0.25, -0.2) is 0 Å². The van der Waals surface area contributed by atoms with Crippen LogP contribution < -0.4 is 10.6 Å². The first kappa shape index (κ1) is 25.7. The lowest BCUT2D eigenvalue weighted by molar-refractivity contribution is -0.125. The molecule has 37 heavy (non-hydrogen) atoms. The summed E-state index contributed by atoms with van der Waals surface area (Å²) in [6.07, 6.45) is 0.751. The van der Waals surface area contributed by atoms with Crippen LogP contribution in [0.15, 0.2) is 66.7 Å². The van der Waals surface area contributed by atoms with Crippen LogP contribution in [0.1, 0.15) is 24.5 Å². The van der Waals surface area contributed by atoms with Gasteiger partial charge in [0.2, 0.25) is 5.91 Å². The molecule has 0 saturated carbocycles. The number of carbonyl (C=O) groups excluding carboxylic acids is 1. The number of halogens is 1. The molecule has 5 rings (SSSR count). The lowest BCUT2D eigenvalue weighted by atomic mass is 10.1. The van der Waals surface area contributed by atoms with Crippen molar-refractivity contribution in [1.29, 1.82) is 0 Å². The molecule has 0 aliphatic carbocycles. The third-order valence-corrected chi connectivity index (χ3v) is 7.76. The minimum atomic E-state index is -0.212. The smallest absolute Gasteiger partial charge is 0.237 e. The van der Waals surface area contributed by atoms with Crippen molar-refractivity contribution in [3.63, 3.8) is 0 Å². The van der Waals surface area contributed by atoms with Crippen LogP contribution in [0.3, 0.4) is 0 Å². The van der Waals surface area contributed by atoms with Crippen LogP contribution in [0, 0.1) is 0 Å². The monoisotopic (exact) mass is 518 g/mol. The van der Waals surface area contributed by atoms with Crippen molar-refractivity contribution in [3.05, 3.63) is 82.9 Å². The number of aromatic nitrogens is 1. The topological polar surface area (TPSA) is 58.5 Å². The van der Waals surface area contributed by atoms with Crippen molar-refractivity contribution in [2.75, 3.05) is 26.8 Å². The van der Waals surface area contributed by atoms with Crippen molar-refractivity contribution < 1.29 is 9.53 Å². The number of benzene rings is 3. The molecule has 4 aromatic rings. The Bertz CT molecular complexity index is 1380. The molecule has 1 aromatic heterocycles. The lowest BCUT2D eigenvalue weighted by Crippen LogP contribution is -2.43. The van der Waals surface area contributed by atoms with Crippen molar-refractivity contribution >= 4 is 39.3 Å². The summed E-state index contributed by atoms with van der Waals surface area (Å²) in [5, 5.41) is 10.1. The van der Waals surface area contributed by atoms with E-state index in [1.807, 2.05) is 24.3 Å². The average Bonchev–Trinajstić information content (AvgIpc) is 3.47. The summed E-state index contributed by atoms with van der Waals surface area (Å²) in [6, 6.07) is 23.2. The summed E-state index contributed by atoms with van der Waals surface area (Å²) < 4.78 is 7.48. The number of ether oxygens (including phenoxy) is 1. The van der Waals surface area contributed by atoms with Gasteiger partial charge in [-0.3, -0.25) is 9.69 Å². The van der Waals surface area contributed by atoms with Crippen LogP contribution in [0.4, 0.5) is 0 Å². The van der Waals surface area contributed by atoms with Crippen LogP contribution in [0.2, 0.25) is 5.02 Å². The zero-order chi connectivity index (χ0) is 25.8. The summed E-state index contributed by atoms with van der Waals surface area (Å²) in [5.74, 6) is 0.0437. The number of hydrogen-bond donors (Lipinski definition) is 2. The van der Waals surface area contributed by atoms with Gasteiger partial charge in [0, 0.05) is 72.7 Å². The van der Waals surface area contributed by atoms with Crippen molar-refractivity contribution in [1.82, 2.24) is 20.1 Å². The summed E-state index contributed by atoms with van der Waals surface area (Å²) >= 11 is 6.45. The highest BCUT2D eigenvalue weighted by Crippen LogP contribution is 2.30. The van der Waals surface area contributed by atoms with Crippen LogP contribution in [-0.2, 0) is 29.2 Å². The molecule has 7 heteroatoms. The third kappa shape index (κ3) is 5.53. The van der Waals surface area contributed by atoms with E-state index in [2.05, 4.69) is 69.5 Å². The van der Waals surface area contributed by atoms with Gasteiger partial charge in [0.15, 0.2) is 0 Å². The molecule has 194 valence electrons. The molecule has 1 amide bonds.